The van der Waals surface area contributed by atoms with Crippen LogP contribution in [-0.4, -0.2) is 25.6 Å². The van der Waals surface area contributed by atoms with Crippen molar-refractivity contribution in [2.24, 2.45) is 0 Å². The number of allylic oxidation sites excluding steroid dienone is 1. The Hall–Kier alpha value is -0.943. The van der Waals surface area contributed by atoms with Crippen LogP contribution in [0.1, 0.15) is 74.3 Å². The van der Waals surface area contributed by atoms with Gasteiger partial charge < -0.3 is 13.3 Å². The molecule has 0 atom stereocenters. The van der Waals surface area contributed by atoms with Gasteiger partial charge in [-0.2, -0.15) is 0 Å². The maximum absolute atomic E-state index is 6.44. The third kappa shape index (κ3) is 10.3. The second-order valence-electron chi connectivity index (χ2n) is 9.67. The Balaban J connectivity index is 3.03. The molecule has 0 heterocycles. The van der Waals surface area contributed by atoms with Crippen molar-refractivity contribution in [1.29, 1.82) is 0 Å². The molecule has 148 valence electrons. The van der Waals surface area contributed by atoms with Crippen LogP contribution in [0.5, 0.6) is 0 Å². The lowest BCUT2D eigenvalue weighted by Crippen LogP contribution is -2.56. The fourth-order valence-electron chi connectivity index (χ4n) is 2.57. The van der Waals surface area contributed by atoms with E-state index in [2.05, 4.69) is 36.0 Å². The lowest BCUT2D eigenvalue weighted by molar-refractivity contribution is -0.0667. The van der Waals surface area contributed by atoms with E-state index >= 15 is 0 Å². The fraction of sp³-hybridized carbons (Fsp3) is 0.636. The van der Waals surface area contributed by atoms with E-state index in [4.69, 9.17) is 13.3 Å². The maximum atomic E-state index is 6.44. The summed E-state index contributed by atoms with van der Waals surface area (Å²) in [6.45, 7) is 18.4. The summed E-state index contributed by atoms with van der Waals surface area (Å²) in [6, 6.07) is 10.5. The van der Waals surface area contributed by atoms with Crippen molar-refractivity contribution in [2.75, 3.05) is 0 Å². The highest BCUT2D eigenvalue weighted by Gasteiger charge is 2.48. The fourth-order valence-corrected chi connectivity index (χ4v) is 5.91. The van der Waals surface area contributed by atoms with Gasteiger partial charge >= 0.3 is 8.80 Å². The van der Waals surface area contributed by atoms with Gasteiger partial charge in [-0.05, 0) is 86.4 Å². The molecule has 0 aliphatic heterocycles. The van der Waals surface area contributed by atoms with Crippen molar-refractivity contribution in [3.8, 4) is 0 Å². The Bertz CT molecular complexity index is 519. The Morgan fingerprint density at radius 1 is 0.731 bits per heavy atom. The van der Waals surface area contributed by atoms with E-state index in [9.17, 15) is 0 Å². The molecule has 0 saturated carbocycles. The molecule has 0 saturated heterocycles. The summed E-state index contributed by atoms with van der Waals surface area (Å²) in [7, 11) is -3.02. The summed E-state index contributed by atoms with van der Waals surface area (Å²) in [5, 5.41) is 0. The van der Waals surface area contributed by atoms with Gasteiger partial charge in [-0.15, -0.1) is 0 Å². The number of rotatable bonds is 7. The first-order valence-electron chi connectivity index (χ1n) is 9.52. The normalized spacial score (nSPS) is 14.2. The van der Waals surface area contributed by atoms with Crippen LogP contribution in [0.25, 0.3) is 0 Å². The highest BCUT2D eigenvalue weighted by Crippen LogP contribution is 2.30. The van der Waals surface area contributed by atoms with E-state index in [1.165, 1.54) is 5.56 Å². The van der Waals surface area contributed by atoms with Gasteiger partial charge in [0.15, 0.2) is 0 Å². The van der Waals surface area contributed by atoms with Gasteiger partial charge in [0.2, 0.25) is 0 Å². The molecule has 0 amide bonds. The van der Waals surface area contributed by atoms with Crippen molar-refractivity contribution >= 4 is 8.80 Å². The Morgan fingerprint density at radius 3 is 1.54 bits per heavy atom. The molecular formula is C22H38O3Si. The van der Waals surface area contributed by atoms with E-state index < -0.39 is 8.80 Å². The molecule has 0 spiro atoms. The predicted molar refractivity (Wildman–Crippen MR) is 112 cm³/mol. The molecular weight excluding hydrogens is 340 g/mol. The predicted octanol–water partition coefficient (Wildman–Crippen LogP) is 6.10. The highest BCUT2D eigenvalue weighted by atomic mass is 28.4. The minimum Gasteiger partial charge on any atom is -0.365 e. The molecule has 0 aliphatic rings. The van der Waals surface area contributed by atoms with Gasteiger partial charge in [-0.1, -0.05) is 36.4 Å². The van der Waals surface area contributed by atoms with Gasteiger partial charge in [-0.25, -0.2) is 0 Å². The first-order valence-corrected chi connectivity index (χ1v) is 11.3. The summed E-state index contributed by atoms with van der Waals surface area (Å²) >= 11 is 0. The molecule has 0 radical (unpaired) electrons. The third-order valence-electron chi connectivity index (χ3n) is 3.11. The van der Waals surface area contributed by atoms with Crippen molar-refractivity contribution in [3.63, 3.8) is 0 Å². The first-order chi connectivity index (χ1) is 11.7. The number of hydrogen-bond donors (Lipinski definition) is 0. The van der Waals surface area contributed by atoms with Crippen LogP contribution < -0.4 is 0 Å². The molecule has 0 unspecified atom stereocenters. The summed E-state index contributed by atoms with van der Waals surface area (Å²) in [5.74, 6) is 0. The quantitative estimate of drug-likeness (QED) is 0.537. The molecule has 0 N–H and O–H groups in total. The molecule has 0 fully saturated rings. The average Bonchev–Trinajstić information content (AvgIpc) is 2.39. The van der Waals surface area contributed by atoms with E-state index in [-0.39, 0.29) is 16.8 Å². The van der Waals surface area contributed by atoms with Crippen LogP contribution >= 0.6 is 0 Å². The van der Waals surface area contributed by atoms with E-state index in [0.717, 1.165) is 12.8 Å². The number of aryl methyl sites for hydroxylation is 1. The van der Waals surface area contributed by atoms with Crippen molar-refractivity contribution in [3.05, 3.63) is 47.7 Å². The highest BCUT2D eigenvalue weighted by molar-refractivity contribution is 6.66. The molecule has 0 aliphatic carbocycles. The van der Waals surface area contributed by atoms with Crippen LogP contribution in [0.4, 0.5) is 0 Å². The molecule has 0 bridgehead atoms. The van der Waals surface area contributed by atoms with Crippen molar-refractivity contribution in [1.82, 2.24) is 0 Å². The van der Waals surface area contributed by atoms with Crippen LogP contribution in [0.15, 0.2) is 42.1 Å². The summed E-state index contributed by atoms with van der Waals surface area (Å²) in [5.41, 5.74) is 2.33. The van der Waals surface area contributed by atoms with Gasteiger partial charge in [-0.3, -0.25) is 0 Å². The largest absolute Gasteiger partial charge is 0.530 e. The van der Waals surface area contributed by atoms with Crippen molar-refractivity contribution < 1.29 is 13.3 Å². The van der Waals surface area contributed by atoms with Gasteiger partial charge in [0, 0.05) is 0 Å². The zero-order chi connectivity index (χ0) is 20.1. The number of benzene rings is 1. The maximum Gasteiger partial charge on any atom is 0.530 e. The number of hydrogen-bond acceptors (Lipinski definition) is 3. The van der Waals surface area contributed by atoms with Crippen molar-refractivity contribution in [2.45, 2.75) is 92.0 Å². The molecule has 4 heteroatoms. The molecule has 3 nitrogen and oxygen atoms in total. The lowest BCUT2D eigenvalue weighted by atomic mass is 10.1. The first kappa shape index (κ1) is 23.1. The monoisotopic (exact) mass is 378 g/mol. The second-order valence-corrected chi connectivity index (χ2v) is 11.8. The topological polar surface area (TPSA) is 27.7 Å². The van der Waals surface area contributed by atoms with Crippen LogP contribution in [0.2, 0.25) is 0 Å². The molecule has 1 aromatic carbocycles. The Morgan fingerprint density at radius 2 is 1.15 bits per heavy atom. The minimum atomic E-state index is -3.02. The Labute approximate surface area is 162 Å². The third-order valence-corrected chi connectivity index (χ3v) is 6.44. The zero-order valence-electron chi connectivity index (χ0n) is 18.2. The zero-order valence-corrected chi connectivity index (χ0v) is 19.2. The van der Waals surface area contributed by atoms with Gasteiger partial charge in [0.05, 0.1) is 16.8 Å². The van der Waals surface area contributed by atoms with E-state index in [0.29, 0.717) is 0 Å². The van der Waals surface area contributed by atoms with Crippen LogP contribution in [0.3, 0.4) is 0 Å². The van der Waals surface area contributed by atoms with Crippen LogP contribution in [0, 0.1) is 0 Å². The summed E-state index contributed by atoms with van der Waals surface area (Å²) in [4.78, 5) is 0. The molecule has 1 rings (SSSR count). The smallest absolute Gasteiger partial charge is 0.365 e. The van der Waals surface area contributed by atoms with E-state index in [1.807, 2.05) is 68.4 Å². The molecule has 0 aromatic heterocycles. The minimum absolute atomic E-state index is 0.355. The van der Waals surface area contributed by atoms with E-state index in [1.54, 1.807) is 0 Å². The molecule has 1 aromatic rings. The second kappa shape index (κ2) is 8.83. The van der Waals surface area contributed by atoms with Gasteiger partial charge in [0.25, 0.3) is 0 Å². The average molecular weight is 379 g/mol. The Kier molecular flexibility index (Phi) is 7.84. The lowest BCUT2D eigenvalue weighted by Gasteiger charge is -2.41. The standard InChI is InChI=1S/C22H38O3Si/c1-20(2,3)23-26(24-21(4,5)6,25-22(7,8)9)18-14-13-17-19-15-11-10-12-16-19/h10-12,14-16,18H,13,17H2,1-9H3/b18-14+. The van der Waals surface area contributed by atoms with Gasteiger partial charge in [0.1, 0.15) is 0 Å². The summed E-state index contributed by atoms with van der Waals surface area (Å²) < 4.78 is 19.3. The summed E-state index contributed by atoms with van der Waals surface area (Å²) in [6.07, 6.45) is 4.07. The van der Waals surface area contributed by atoms with Crippen LogP contribution in [-0.2, 0) is 19.7 Å². The molecule has 26 heavy (non-hydrogen) atoms. The SMILES string of the molecule is CC(C)(C)O[Si](/C=C/CCc1ccccc1)(OC(C)(C)C)OC(C)(C)C.